The first-order valence-electron chi connectivity index (χ1n) is 24.8. The predicted octanol–water partition coefficient (Wildman–Crippen LogP) is 17.9. The number of aryl methyl sites for hydroxylation is 4. The molecule has 0 radical (unpaired) electrons. The van der Waals surface area contributed by atoms with Gasteiger partial charge in [-0.2, -0.15) is 0 Å². The molecular weight excluding hydrogens is 873 g/mol. The lowest BCUT2D eigenvalue weighted by Gasteiger charge is -2.20. The lowest BCUT2D eigenvalue weighted by Crippen LogP contribution is -2.03. The van der Waals surface area contributed by atoms with Gasteiger partial charge in [0.05, 0.1) is 44.8 Å². The first kappa shape index (κ1) is 42.9. The van der Waals surface area contributed by atoms with Gasteiger partial charge in [-0.15, -0.1) is 0 Å². The first-order valence-corrected chi connectivity index (χ1v) is 24.8. The number of rotatable bonds is 8. The van der Waals surface area contributed by atoms with Crippen LogP contribution in [0.25, 0.3) is 122 Å². The fourth-order valence-electron chi connectivity index (χ4n) is 11.1. The van der Waals surface area contributed by atoms with Gasteiger partial charge in [-0.3, -0.25) is 0 Å². The van der Waals surface area contributed by atoms with E-state index in [1.54, 1.807) is 0 Å². The Labute approximate surface area is 419 Å². The summed E-state index contributed by atoms with van der Waals surface area (Å²) in [6, 6.07) is 83.8. The molecule has 0 fully saturated rings. The number of hydrogen-bond acceptors (Lipinski definition) is 2. The maximum absolute atomic E-state index is 5.35. The Morgan fingerprint density at radius 1 is 0.278 bits per heavy atom. The molecular formula is C68H50N4. The second-order valence-corrected chi connectivity index (χ2v) is 19.2. The molecule has 72 heavy (non-hydrogen) atoms. The summed E-state index contributed by atoms with van der Waals surface area (Å²) in [5.74, 6) is 0.664. The standard InChI is InChI=1S/C68H50N4/c1-43-27-32-52(45(3)37-43)49-29-34-65-57(39-49)54-21-11-14-24-62(54)71(65)63-25-15-13-23-56(63)59-41-51(68-69-60(47-17-7-5-8-18-47)42-61(70-68)48-19-9-6-10-20-48)31-36-67(59)72-64-26-16-12-22-55(64)58-40-50(30-35-66(58)72)53-33-28-44(2)38-46(53)4/h5-42H,1-4H3. The topological polar surface area (TPSA) is 35.6 Å². The van der Waals surface area contributed by atoms with Gasteiger partial charge in [0.15, 0.2) is 5.82 Å². The molecule has 3 aromatic heterocycles. The van der Waals surface area contributed by atoms with E-state index in [2.05, 4.69) is 255 Å². The van der Waals surface area contributed by atoms with Crippen molar-refractivity contribution in [3.8, 4) is 78.7 Å². The van der Waals surface area contributed by atoms with Gasteiger partial charge < -0.3 is 9.13 Å². The third-order valence-corrected chi connectivity index (χ3v) is 14.5. The normalized spacial score (nSPS) is 11.6. The minimum absolute atomic E-state index is 0.664. The van der Waals surface area contributed by atoms with E-state index in [9.17, 15) is 0 Å². The van der Waals surface area contributed by atoms with E-state index in [4.69, 9.17) is 9.97 Å². The summed E-state index contributed by atoms with van der Waals surface area (Å²) in [6.45, 7) is 8.75. The van der Waals surface area contributed by atoms with Crippen LogP contribution in [0, 0.1) is 27.7 Å². The summed E-state index contributed by atoms with van der Waals surface area (Å²) in [6.07, 6.45) is 0. The maximum Gasteiger partial charge on any atom is 0.160 e. The highest BCUT2D eigenvalue weighted by atomic mass is 15.0. The predicted molar refractivity (Wildman–Crippen MR) is 302 cm³/mol. The van der Waals surface area contributed by atoms with Crippen LogP contribution >= 0.6 is 0 Å². The Hall–Kier alpha value is -9.12. The van der Waals surface area contributed by atoms with Crippen molar-refractivity contribution in [2.24, 2.45) is 0 Å². The Morgan fingerprint density at radius 2 is 0.722 bits per heavy atom. The Morgan fingerprint density at radius 3 is 1.25 bits per heavy atom. The molecule has 0 atom stereocenters. The molecule has 0 saturated carbocycles. The molecule has 13 aromatic rings. The number of nitrogens with zero attached hydrogens (tertiary/aromatic N) is 4. The van der Waals surface area contributed by atoms with Crippen molar-refractivity contribution >= 4 is 43.6 Å². The van der Waals surface area contributed by atoms with Crippen LogP contribution in [0.3, 0.4) is 0 Å². The SMILES string of the molecule is Cc1ccc(-c2ccc3c(c2)c2ccccc2n3-c2ccccc2-c2cc(-c3nc(-c4ccccc4)cc(-c4ccccc4)n3)ccc2-n2c3ccccc3c3cc(-c4ccc(C)cc4C)ccc32)c(C)c1. The minimum atomic E-state index is 0.664. The summed E-state index contributed by atoms with van der Waals surface area (Å²) in [4.78, 5) is 10.7. The average Bonchev–Trinajstić information content (AvgIpc) is 3.93. The van der Waals surface area contributed by atoms with Gasteiger partial charge >= 0.3 is 0 Å². The zero-order valence-corrected chi connectivity index (χ0v) is 40.7. The van der Waals surface area contributed by atoms with E-state index < -0.39 is 0 Å². The molecule has 0 N–H and O–H groups in total. The Kier molecular flexibility index (Phi) is 10.4. The molecule has 0 saturated heterocycles. The highest BCUT2D eigenvalue weighted by Gasteiger charge is 2.23. The van der Waals surface area contributed by atoms with Crippen LogP contribution in [-0.2, 0) is 0 Å². The lowest BCUT2D eigenvalue weighted by atomic mass is 9.97. The molecule has 0 bridgehead atoms. The third kappa shape index (κ3) is 7.30. The van der Waals surface area contributed by atoms with E-state index in [1.807, 2.05) is 12.1 Å². The first-order chi connectivity index (χ1) is 35.3. The van der Waals surface area contributed by atoms with Crippen molar-refractivity contribution in [2.45, 2.75) is 27.7 Å². The molecule has 0 aliphatic rings. The highest BCUT2D eigenvalue weighted by molar-refractivity contribution is 6.13. The molecule has 13 rings (SSSR count). The van der Waals surface area contributed by atoms with E-state index in [-0.39, 0.29) is 0 Å². The number of para-hydroxylation sites is 3. The van der Waals surface area contributed by atoms with Crippen molar-refractivity contribution in [3.05, 3.63) is 253 Å². The van der Waals surface area contributed by atoms with Gasteiger partial charge in [0.2, 0.25) is 0 Å². The van der Waals surface area contributed by atoms with Gasteiger partial charge in [0, 0.05) is 49.4 Å². The van der Waals surface area contributed by atoms with E-state index in [0.29, 0.717) is 5.82 Å². The average molecular weight is 923 g/mol. The Bertz CT molecular complexity index is 4190. The molecule has 0 amide bonds. The van der Waals surface area contributed by atoms with Crippen molar-refractivity contribution in [3.63, 3.8) is 0 Å². The second kappa shape index (κ2) is 17.4. The van der Waals surface area contributed by atoms with Crippen molar-refractivity contribution < 1.29 is 0 Å². The molecule has 10 aromatic carbocycles. The van der Waals surface area contributed by atoms with Crippen molar-refractivity contribution in [1.82, 2.24) is 19.1 Å². The van der Waals surface area contributed by atoms with Crippen molar-refractivity contribution in [2.75, 3.05) is 0 Å². The zero-order chi connectivity index (χ0) is 48.5. The molecule has 342 valence electrons. The second-order valence-electron chi connectivity index (χ2n) is 19.2. The molecule has 0 spiro atoms. The van der Waals surface area contributed by atoms with Crippen LogP contribution in [0.5, 0.6) is 0 Å². The summed E-state index contributed by atoms with van der Waals surface area (Å²) >= 11 is 0. The van der Waals surface area contributed by atoms with E-state index >= 15 is 0 Å². The fourth-order valence-corrected chi connectivity index (χ4v) is 11.1. The molecule has 4 heteroatoms. The third-order valence-electron chi connectivity index (χ3n) is 14.5. The summed E-state index contributed by atoms with van der Waals surface area (Å²) < 4.78 is 4.93. The van der Waals surface area contributed by atoms with Crippen LogP contribution in [0.1, 0.15) is 22.3 Å². The summed E-state index contributed by atoms with van der Waals surface area (Å²) in [5.41, 5.74) is 23.6. The Balaban J connectivity index is 1.08. The number of benzene rings is 10. The van der Waals surface area contributed by atoms with Crippen LogP contribution in [0.4, 0.5) is 0 Å². The largest absolute Gasteiger partial charge is 0.309 e. The molecule has 0 aliphatic heterocycles. The maximum atomic E-state index is 5.35. The smallest absolute Gasteiger partial charge is 0.160 e. The fraction of sp³-hybridized carbons (Fsp3) is 0.0588. The van der Waals surface area contributed by atoms with Gasteiger partial charge in [-0.05, 0) is 128 Å². The van der Waals surface area contributed by atoms with Gasteiger partial charge in [-0.25, -0.2) is 9.97 Å². The van der Waals surface area contributed by atoms with E-state index in [0.717, 1.165) is 72.6 Å². The number of fused-ring (bicyclic) bond motifs is 6. The molecule has 4 nitrogen and oxygen atoms in total. The summed E-state index contributed by atoms with van der Waals surface area (Å²) in [7, 11) is 0. The van der Waals surface area contributed by atoms with Crippen LogP contribution < -0.4 is 0 Å². The monoisotopic (exact) mass is 922 g/mol. The quantitative estimate of drug-likeness (QED) is 0.152. The number of aromatic nitrogens is 4. The van der Waals surface area contributed by atoms with Gasteiger partial charge in [0.25, 0.3) is 0 Å². The summed E-state index contributed by atoms with van der Waals surface area (Å²) in [5, 5.41) is 4.84. The van der Waals surface area contributed by atoms with Crippen LogP contribution in [0.15, 0.2) is 231 Å². The lowest BCUT2D eigenvalue weighted by molar-refractivity contribution is 1.15. The molecule has 3 heterocycles. The van der Waals surface area contributed by atoms with Crippen molar-refractivity contribution in [1.29, 1.82) is 0 Å². The highest BCUT2D eigenvalue weighted by Crippen LogP contribution is 2.44. The minimum Gasteiger partial charge on any atom is -0.309 e. The molecule has 0 aliphatic carbocycles. The van der Waals surface area contributed by atoms with Crippen LogP contribution in [0.2, 0.25) is 0 Å². The van der Waals surface area contributed by atoms with Gasteiger partial charge in [0.1, 0.15) is 0 Å². The number of hydrogen-bond donors (Lipinski definition) is 0. The zero-order valence-electron chi connectivity index (χ0n) is 40.7. The molecule has 0 unspecified atom stereocenters. The van der Waals surface area contributed by atoms with Gasteiger partial charge in [-0.1, -0.05) is 175 Å². The van der Waals surface area contributed by atoms with E-state index in [1.165, 1.54) is 66.1 Å². The van der Waals surface area contributed by atoms with Crippen LogP contribution in [-0.4, -0.2) is 19.1 Å².